The van der Waals surface area contributed by atoms with Crippen molar-refractivity contribution in [2.24, 2.45) is 0 Å². The van der Waals surface area contributed by atoms with E-state index in [1.54, 1.807) is 13.8 Å². The number of carbonyl (C=O) groups is 1. The molecule has 0 radical (unpaired) electrons. The molecule has 0 aliphatic carbocycles. The van der Waals surface area contributed by atoms with Crippen molar-refractivity contribution in [1.29, 1.82) is 0 Å². The smallest absolute Gasteiger partial charge is 0.342 e. The fourth-order valence-corrected chi connectivity index (χ4v) is 2.03. The number of alkyl halides is 3. The lowest BCUT2D eigenvalue weighted by Crippen LogP contribution is -2.30. The number of aromatic amines is 1. The molecule has 0 spiro atoms. The monoisotopic (exact) mass is 330 g/mol. The highest BCUT2D eigenvalue weighted by Crippen LogP contribution is 2.32. The molecule has 0 bridgehead atoms. The minimum Gasteiger partial charge on any atom is -0.342 e. The highest BCUT2D eigenvalue weighted by atomic mass is 19.4. The lowest BCUT2D eigenvalue weighted by molar-refractivity contribution is -0.140. The second-order valence-corrected chi connectivity index (χ2v) is 4.88. The van der Waals surface area contributed by atoms with Crippen LogP contribution in [0.4, 0.5) is 17.6 Å². The molecule has 1 unspecified atom stereocenters. The summed E-state index contributed by atoms with van der Waals surface area (Å²) in [6.07, 6.45) is -4.48. The minimum absolute atomic E-state index is 0.283. The molecule has 1 amide bonds. The van der Waals surface area contributed by atoms with Crippen LogP contribution in [0.25, 0.3) is 0 Å². The average Bonchev–Trinajstić information content (AvgIpc) is 2.89. The number of halogens is 4. The first-order chi connectivity index (χ1) is 10.7. The maximum Gasteiger partial charge on any atom is 0.419 e. The van der Waals surface area contributed by atoms with E-state index in [1.165, 1.54) is 0 Å². The Kier molecular flexibility index (Phi) is 4.67. The van der Waals surface area contributed by atoms with Crippen molar-refractivity contribution in [3.63, 3.8) is 0 Å². The van der Waals surface area contributed by atoms with Gasteiger partial charge >= 0.3 is 6.18 Å². The van der Waals surface area contributed by atoms with Crippen LogP contribution in [0.1, 0.15) is 47.0 Å². The summed E-state index contributed by atoms with van der Waals surface area (Å²) >= 11 is 0. The summed E-state index contributed by atoms with van der Waals surface area (Å²) in [6, 6.07) is 1.93. The Balaban J connectivity index is 2.27. The molecule has 23 heavy (non-hydrogen) atoms. The van der Waals surface area contributed by atoms with Crippen molar-refractivity contribution in [2.75, 3.05) is 0 Å². The highest BCUT2D eigenvalue weighted by molar-refractivity contribution is 5.94. The summed E-state index contributed by atoms with van der Waals surface area (Å²) in [5.41, 5.74) is -2.16. The van der Waals surface area contributed by atoms with Crippen molar-refractivity contribution in [3.8, 4) is 0 Å². The van der Waals surface area contributed by atoms with E-state index in [1.807, 2.05) is 0 Å². The standard InChI is InChI=1S/C14H14F4N4O/c1-3-10(12-19-7(2)21-22-12)20-13(23)8-5-4-6-9(11(8)15)14(16,17)18/h4-6,10H,3H2,1-2H3,(H,20,23)(H,19,21,22). The van der Waals surface area contributed by atoms with Gasteiger partial charge in [-0.05, 0) is 25.5 Å². The zero-order valence-corrected chi connectivity index (χ0v) is 12.3. The Labute approximate surface area is 129 Å². The van der Waals surface area contributed by atoms with Crippen LogP contribution in [0.15, 0.2) is 18.2 Å². The molecular weight excluding hydrogens is 316 g/mol. The zero-order chi connectivity index (χ0) is 17.2. The van der Waals surface area contributed by atoms with Crippen molar-refractivity contribution >= 4 is 5.91 Å². The van der Waals surface area contributed by atoms with Gasteiger partial charge in [0.1, 0.15) is 11.6 Å². The van der Waals surface area contributed by atoms with Gasteiger partial charge in [-0.2, -0.15) is 18.3 Å². The molecule has 1 aromatic carbocycles. The Bertz CT molecular complexity index is 711. The van der Waals surface area contributed by atoms with E-state index < -0.39 is 35.1 Å². The van der Waals surface area contributed by atoms with Crippen molar-refractivity contribution in [3.05, 3.63) is 46.8 Å². The van der Waals surface area contributed by atoms with Crippen LogP contribution in [-0.4, -0.2) is 21.1 Å². The van der Waals surface area contributed by atoms with E-state index in [-0.39, 0.29) is 5.82 Å². The molecule has 1 aromatic heterocycles. The first-order valence-corrected chi connectivity index (χ1v) is 6.79. The molecule has 0 aliphatic heterocycles. The van der Waals surface area contributed by atoms with E-state index in [0.717, 1.165) is 12.1 Å². The van der Waals surface area contributed by atoms with Gasteiger partial charge in [-0.25, -0.2) is 9.37 Å². The number of carbonyl (C=O) groups excluding carboxylic acids is 1. The summed E-state index contributed by atoms with van der Waals surface area (Å²) in [5.74, 6) is -1.75. The van der Waals surface area contributed by atoms with Crippen LogP contribution in [0.5, 0.6) is 0 Å². The van der Waals surface area contributed by atoms with E-state index in [0.29, 0.717) is 18.3 Å². The second kappa shape index (κ2) is 6.35. The molecule has 9 heteroatoms. The van der Waals surface area contributed by atoms with Gasteiger partial charge in [0.05, 0.1) is 17.2 Å². The number of nitrogens with zero attached hydrogens (tertiary/aromatic N) is 2. The van der Waals surface area contributed by atoms with Gasteiger partial charge < -0.3 is 5.32 Å². The quantitative estimate of drug-likeness (QED) is 0.846. The van der Waals surface area contributed by atoms with Crippen LogP contribution < -0.4 is 5.32 Å². The van der Waals surface area contributed by atoms with Crippen LogP contribution in [0.2, 0.25) is 0 Å². The molecule has 0 fully saturated rings. The van der Waals surface area contributed by atoms with Crippen LogP contribution in [0, 0.1) is 12.7 Å². The summed E-state index contributed by atoms with van der Waals surface area (Å²) in [7, 11) is 0. The Morgan fingerprint density at radius 3 is 2.61 bits per heavy atom. The number of H-pyrrole nitrogens is 1. The third-order valence-corrected chi connectivity index (χ3v) is 3.19. The van der Waals surface area contributed by atoms with E-state index in [2.05, 4.69) is 20.5 Å². The number of benzene rings is 1. The molecular formula is C14H14F4N4O. The fraction of sp³-hybridized carbons (Fsp3) is 0.357. The lowest BCUT2D eigenvalue weighted by Gasteiger charge is -2.15. The molecule has 1 heterocycles. The first kappa shape index (κ1) is 16.9. The van der Waals surface area contributed by atoms with Crippen molar-refractivity contribution < 1.29 is 22.4 Å². The molecule has 2 N–H and O–H groups in total. The maximum atomic E-state index is 14.0. The summed E-state index contributed by atoms with van der Waals surface area (Å²) in [6.45, 7) is 3.40. The Morgan fingerprint density at radius 1 is 1.39 bits per heavy atom. The molecule has 124 valence electrons. The Hall–Kier alpha value is -2.45. The van der Waals surface area contributed by atoms with E-state index >= 15 is 0 Å². The molecule has 0 saturated carbocycles. The van der Waals surface area contributed by atoms with Gasteiger partial charge in [0.25, 0.3) is 5.91 Å². The second-order valence-electron chi connectivity index (χ2n) is 4.88. The molecule has 0 saturated heterocycles. The highest BCUT2D eigenvalue weighted by Gasteiger charge is 2.36. The van der Waals surface area contributed by atoms with Crippen molar-refractivity contribution in [2.45, 2.75) is 32.5 Å². The van der Waals surface area contributed by atoms with E-state index in [9.17, 15) is 22.4 Å². The third-order valence-electron chi connectivity index (χ3n) is 3.19. The summed E-state index contributed by atoms with van der Waals surface area (Å²) in [5, 5.41) is 8.93. The van der Waals surface area contributed by atoms with Crippen LogP contribution in [0.3, 0.4) is 0 Å². The molecule has 5 nitrogen and oxygen atoms in total. The van der Waals surface area contributed by atoms with Gasteiger partial charge in [0, 0.05) is 0 Å². The van der Waals surface area contributed by atoms with Gasteiger partial charge in [-0.3, -0.25) is 9.89 Å². The normalized spacial score (nSPS) is 13.0. The number of aryl methyl sites for hydroxylation is 1. The predicted molar refractivity (Wildman–Crippen MR) is 73.0 cm³/mol. The topological polar surface area (TPSA) is 70.7 Å². The number of nitrogens with one attached hydrogen (secondary N) is 2. The van der Waals surface area contributed by atoms with Crippen LogP contribution >= 0.6 is 0 Å². The SMILES string of the molecule is CCC(NC(=O)c1cccc(C(F)(F)F)c1F)c1n[nH]c(C)n1. The minimum atomic E-state index is -4.87. The van der Waals surface area contributed by atoms with Crippen LogP contribution in [-0.2, 0) is 6.18 Å². The number of amides is 1. The van der Waals surface area contributed by atoms with Gasteiger partial charge in [-0.15, -0.1) is 0 Å². The molecule has 0 aliphatic rings. The maximum absolute atomic E-state index is 14.0. The fourth-order valence-electron chi connectivity index (χ4n) is 2.03. The summed E-state index contributed by atoms with van der Waals surface area (Å²) in [4.78, 5) is 16.2. The number of hydrogen-bond donors (Lipinski definition) is 2. The number of rotatable bonds is 4. The number of hydrogen-bond acceptors (Lipinski definition) is 3. The Morgan fingerprint density at radius 2 is 2.09 bits per heavy atom. The van der Waals surface area contributed by atoms with E-state index in [4.69, 9.17) is 0 Å². The predicted octanol–water partition coefficient (Wildman–Crippen LogP) is 3.15. The molecule has 2 rings (SSSR count). The first-order valence-electron chi connectivity index (χ1n) is 6.79. The third kappa shape index (κ3) is 3.66. The number of aromatic nitrogens is 3. The lowest BCUT2D eigenvalue weighted by atomic mass is 10.1. The largest absolute Gasteiger partial charge is 0.419 e. The average molecular weight is 330 g/mol. The van der Waals surface area contributed by atoms with Gasteiger partial charge in [0.15, 0.2) is 5.82 Å². The molecule has 2 aromatic rings. The van der Waals surface area contributed by atoms with Gasteiger partial charge in [-0.1, -0.05) is 13.0 Å². The summed E-state index contributed by atoms with van der Waals surface area (Å²) < 4.78 is 52.0. The zero-order valence-electron chi connectivity index (χ0n) is 12.3. The van der Waals surface area contributed by atoms with Crippen molar-refractivity contribution in [1.82, 2.24) is 20.5 Å². The van der Waals surface area contributed by atoms with Gasteiger partial charge in [0.2, 0.25) is 0 Å². The molecule has 1 atom stereocenters.